The molecule has 2 aromatic carbocycles. The smallest absolute Gasteiger partial charge is 0.125 e. The quantitative estimate of drug-likeness (QED) is 0.809. The van der Waals surface area contributed by atoms with E-state index in [-0.39, 0.29) is 4.90 Å². The van der Waals surface area contributed by atoms with Crippen molar-refractivity contribution in [3.05, 3.63) is 41.0 Å². The van der Waals surface area contributed by atoms with Crippen LogP contribution >= 0.6 is 0 Å². The van der Waals surface area contributed by atoms with E-state index >= 15 is 0 Å². The van der Waals surface area contributed by atoms with Crippen LogP contribution < -0.4 is 0 Å². The zero-order chi connectivity index (χ0) is 14.2. The Labute approximate surface area is 114 Å². The van der Waals surface area contributed by atoms with Crippen molar-refractivity contribution in [1.82, 2.24) is 0 Å². The summed E-state index contributed by atoms with van der Waals surface area (Å²) in [7, 11) is -4.45. The van der Waals surface area contributed by atoms with Crippen LogP contribution in [0.5, 0.6) is 0 Å². The summed E-state index contributed by atoms with van der Waals surface area (Å²) >= 11 is 0. The van der Waals surface area contributed by atoms with E-state index in [1.807, 2.05) is 32.9 Å². The highest BCUT2D eigenvalue weighted by atomic mass is 32.2. The summed E-state index contributed by atoms with van der Waals surface area (Å²) in [6.07, 6.45) is 1.68. The second-order valence-electron chi connectivity index (χ2n) is 4.98. The Hall–Kier alpha value is -1.39. The topological polar surface area (TPSA) is 57.2 Å². The van der Waals surface area contributed by atoms with Gasteiger partial charge >= 0.3 is 0 Å². The van der Waals surface area contributed by atoms with Gasteiger partial charge in [-0.1, -0.05) is 37.1 Å². The van der Waals surface area contributed by atoms with Gasteiger partial charge in [-0.05, 0) is 48.2 Å². The monoisotopic (exact) mass is 277 g/mol. The Bertz CT molecular complexity index is 731. The first kappa shape index (κ1) is 14.0. The van der Waals surface area contributed by atoms with E-state index in [9.17, 15) is 13.0 Å². The Morgan fingerprint density at radius 3 is 2.32 bits per heavy atom. The van der Waals surface area contributed by atoms with Gasteiger partial charge in [0.25, 0.3) is 0 Å². The standard InChI is InChI=1S/C15H18O3S/c1-4-5-12-8-13-11(3)6-10(2)7-14(13)15(9-12)19(16,17)18/h6-9H,4-5H2,1-3H3,(H,16,17,18)/p-1. The number of aryl methyl sites for hydroxylation is 3. The van der Waals surface area contributed by atoms with Crippen molar-refractivity contribution in [1.29, 1.82) is 0 Å². The zero-order valence-electron chi connectivity index (χ0n) is 11.4. The highest BCUT2D eigenvalue weighted by Crippen LogP contribution is 2.29. The summed E-state index contributed by atoms with van der Waals surface area (Å²) in [5.74, 6) is 0. The molecule has 0 bridgehead atoms. The Balaban J connectivity index is 2.90. The molecule has 0 amide bonds. The van der Waals surface area contributed by atoms with Crippen LogP contribution in [0, 0.1) is 13.8 Å². The minimum Gasteiger partial charge on any atom is -0.744 e. The fraction of sp³-hybridized carbons (Fsp3) is 0.333. The molecule has 0 saturated carbocycles. The van der Waals surface area contributed by atoms with Gasteiger partial charge in [0.2, 0.25) is 0 Å². The van der Waals surface area contributed by atoms with Gasteiger partial charge in [0.05, 0.1) is 4.90 Å². The molecule has 0 N–H and O–H groups in total. The number of rotatable bonds is 3. The summed E-state index contributed by atoms with van der Waals surface area (Å²) in [4.78, 5) is -0.0970. The largest absolute Gasteiger partial charge is 0.744 e. The highest BCUT2D eigenvalue weighted by Gasteiger charge is 2.11. The molecule has 0 saturated heterocycles. The van der Waals surface area contributed by atoms with Crippen molar-refractivity contribution in [2.75, 3.05) is 0 Å². The van der Waals surface area contributed by atoms with E-state index in [1.165, 1.54) is 6.07 Å². The Morgan fingerprint density at radius 2 is 1.74 bits per heavy atom. The lowest BCUT2D eigenvalue weighted by Crippen LogP contribution is -2.02. The third kappa shape index (κ3) is 2.80. The molecule has 3 nitrogen and oxygen atoms in total. The fourth-order valence-electron chi connectivity index (χ4n) is 2.49. The van der Waals surface area contributed by atoms with Crippen LogP contribution in [0.4, 0.5) is 0 Å². The molecule has 0 aliphatic rings. The summed E-state index contributed by atoms with van der Waals surface area (Å²) < 4.78 is 34.4. The van der Waals surface area contributed by atoms with Gasteiger partial charge in [0.15, 0.2) is 0 Å². The third-order valence-corrected chi connectivity index (χ3v) is 4.13. The molecule has 4 heteroatoms. The molecule has 0 unspecified atom stereocenters. The first-order chi connectivity index (χ1) is 8.82. The molecule has 102 valence electrons. The van der Waals surface area contributed by atoms with Crippen molar-refractivity contribution in [2.24, 2.45) is 0 Å². The van der Waals surface area contributed by atoms with Crippen LogP contribution in [0.15, 0.2) is 29.2 Å². The van der Waals surface area contributed by atoms with Crippen molar-refractivity contribution in [3.63, 3.8) is 0 Å². The lowest BCUT2D eigenvalue weighted by Gasteiger charge is -2.15. The third-order valence-electron chi connectivity index (χ3n) is 3.25. The number of fused-ring (bicyclic) bond motifs is 1. The molecule has 0 fully saturated rings. The predicted molar refractivity (Wildman–Crippen MR) is 75.4 cm³/mol. The molecule has 0 aromatic heterocycles. The number of hydrogen-bond acceptors (Lipinski definition) is 3. The van der Waals surface area contributed by atoms with E-state index in [0.717, 1.165) is 34.9 Å². The summed E-state index contributed by atoms with van der Waals surface area (Å²) in [5, 5.41) is 1.39. The van der Waals surface area contributed by atoms with Crippen LogP contribution in [0.1, 0.15) is 30.0 Å². The van der Waals surface area contributed by atoms with E-state index < -0.39 is 10.1 Å². The molecular weight excluding hydrogens is 260 g/mol. The van der Waals surface area contributed by atoms with Gasteiger partial charge < -0.3 is 4.55 Å². The number of hydrogen-bond donors (Lipinski definition) is 0. The van der Waals surface area contributed by atoms with E-state index in [0.29, 0.717) is 5.39 Å². The average Bonchev–Trinajstić information content (AvgIpc) is 2.28. The van der Waals surface area contributed by atoms with Gasteiger partial charge in [-0.15, -0.1) is 0 Å². The molecule has 0 atom stereocenters. The first-order valence-electron chi connectivity index (χ1n) is 6.32. The molecular formula is C15H17O3S-. The van der Waals surface area contributed by atoms with Crippen LogP contribution in [0.3, 0.4) is 0 Å². The summed E-state index contributed by atoms with van der Waals surface area (Å²) in [5.41, 5.74) is 2.85. The van der Waals surface area contributed by atoms with Gasteiger partial charge in [-0.3, -0.25) is 0 Å². The van der Waals surface area contributed by atoms with E-state index in [4.69, 9.17) is 0 Å². The van der Waals surface area contributed by atoms with Gasteiger partial charge in [0.1, 0.15) is 10.1 Å². The first-order valence-corrected chi connectivity index (χ1v) is 7.73. The van der Waals surface area contributed by atoms with Crippen LogP contribution in [-0.4, -0.2) is 13.0 Å². The minimum absolute atomic E-state index is 0.0970. The zero-order valence-corrected chi connectivity index (χ0v) is 12.2. The Kier molecular flexibility index (Phi) is 3.65. The van der Waals surface area contributed by atoms with Crippen LogP contribution in [-0.2, 0) is 16.5 Å². The average molecular weight is 277 g/mol. The SMILES string of the molecule is CCCc1cc(S(=O)(=O)[O-])c2cc(C)cc(C)c2c1. The lowest BCUT2D eigenvalue weighted by atomic mass is 9.98. The van der Waals surface area contributed by atoms with Crippen molar-refractivity contribution >= 4 is 20.9 Å². The normalized spacial score (nSPS) is 12.0. The molecule has 2 rings (SSSR count). The molecule has 2 aromatic rings. The van der Waals surface area contributed by atoms with Gasteiger partial charge in [0, 0.05) is 0 Å². The van der Waals surface area contributed by atoms with Gasteiger partial charge in [-0.2, -0.15) is 0 Å². The molecule has 0 heterocycles. The lowest BCUT2D eigenvalue weighted by molar-refractivity contribution is 0.464. The Morgan fingerprint density at radius 1 is 1.05 bits per heavy atom. The highest BCUT2D eigenvalue weighted by molar-refractivity contribution is 7.86. The van der Waals surface area contributed by atoms with Crippen molar-refractivity contribution < 1.29 is 13.0 Å². The molecule has 0 spiro atoms. The molecule has 19 heavy (non-hydrogen) atoms. The van der Waals surface area contributed by atoms with Crippen LogP contribution in [0.2, 0.25) is 0 Å². The maximum Gasteiger partial charge on any atom is 0.125 e. The summed E-state index contributed by atoms with van der Waals surface area (Å²) in [6, 6.07) is 7.28. The van der Waals surface area contributed by atoms with Crippen molar-refractivity contribution in [2.45, 2.75) is 38.5 Å². The predicted octanol–water partition coefficient (Wildman–Crippen LogP) is 3.31. The summed E-state index contributed by atoms with van der Waals surface area (Å²) in [6.45, 7) is 5.86. The van der Waals surface area contributed by atoms with Gasteiger partial charge in [-0.25, -0.2) is 8.42 Å². The second kappa shape index (κ2) is 4.94. The van der Waals surface area contributed by atoms with Crippen LogP contribution in [0.25, 0.3) is 10.8 Å². The second-order valence-corrected chi connectivity index (χ2v) is 6.32. The molecule has 0 radical (unpaired) electrons. The van der Waals surface area contributed by atoms with E-state index in [2.05, 4.69) is 0 Å². The number of benzene rings is 2. The maximum absolute atomic E-state index is 11.5. The molecule has 0 aliphatic carbocycles. The fourth-order valence-corrected chi connectivity index (χ4v) is 3.22. The van der Waals surface area contributed by atoms with Crippen molar-refractivity contribution in [3.8, 4) is 0 Å². The minimum atomic E-state index is -4.45. The van der Waals surface area contributed by atoms with E-state index in [1.54, 1.807) is 6.07 Å². The maximum atomic E-state index is 11.5. The molecule has 0 aliphatic heterocycles.